The second-order valence-electron chi connectivity index (χ2n) is 2.79. The maximum atomic E-state index is 12.7. The standard InChI is InChI=1S/C9H11F2NS/c10-7-2-1-6(5-8(7)11)9(12)3-4-13/h1-2,5,9,13H,3-4,12H2. The van der Waals surface area contributed by atoms with E-state index in [1.54, 1.807) is 0 Å². The second kappa shape index (κ2) is 4.58. The third-order valence-corrected chi connectivity index (χ3v) is 2.07. The number of hydrogen-bond acceptors (Lipinski definition) is 2. The fourth-order valence-electron chi connectivity index (χ4n) is 1.05. The van der Waals surface area contributed by atoms with Crippen molar-refractivity contribution < 1.29 is 8.78 Å². The molecule has 0 amide bonds. The smallest absolute Gasteiger partial charge is 0.159 e. The van der Waals surface area contributed by atoms with Gasteiger partial charge < -0.3 is 5.73 Å². The first-order chi connectivity index (χ1) is 6.15. The van der Waals surface area contributed by atoms with E-state index in [-0.39, 0.29) is 6.04 Å². The summed E-state index contributed by atoms with van der Waals surface area (Å²) in [5.74, 6) is -1.07. The van der Waals surface area contributed by atoms with Crippen LogP contribution in [0.4, 0.5) is 8.78 Å². The Morgan fingerprint density at radius 3 is 2.54 bits per heavy atom. The van der Waals surface area contributed by atoms with E-state index in [2.05, 4.69) is 12.6 Å². The van der Waals surface area contributed by atoms with Crippen LogP contribution in [-0.4, -0.2) is 5.75 Å². The number of halogens is 2. The first kappa shape index (κ1) is 10.5. The highest BCUT2D eigenvalue weighted by Crippen LogP contribution is 2.17. The Morgan fingerprint density at radius 2 is 2.00 bits per heavy atom. The fraction of sp³-hybridized carbons (Fsp3) is 0.333. The van der Waals surface area contributed by atoms with Gasteiger partial charge in [-0.05, 0) is 29.9 Å². The van der Waals surface area contributed by atoms with Crippen LogP contribution in [0.25, 0.3) is 0 Å². The quantitative estimate of drug-likeness (QED) is 0.724. The van der Waals surface area contributed by atoms with Crippen molar-refractivity contribution in [2.24, 2.45) is 5.73 Å². The van der Waals surface area contributed by atoms with E-state index >= 15 is 0 Å². The number of thiol groups is 1. The highest BCUT2D eigenvalue weighted by atomic mass is 32.1. The summed E-state index contributed by atoms with van der Waals surface area (Å²) in [6.45, 7) is 0. The summed E-state index contributed by atoms with van der Waals surface area (Å²) < 4.78 is 25.2. The zero-order valence-corrected chi connectivity index (χ0v) is 7.90. The van der Waals surface area contributed by atoms with Crippen LogP contribution in [0.2, 0.25) is 0 Å². The van der Waals surface area contributed by atoms with Gasteiger partial charge in [-0.3, -0.25) is 0 Å². The molecule has 1 nitrogen and oxygen atoms in total. The summed E-state index contributed by atoms with van der Waals surface area (Å²) in [5.41, 5.74) is 6.29. The normalized spacial score (nSPS) is 12.9. The molecule has 0 spiro atoms. The molecule has 0 aliphatic carbocycles. The van der Waals surface area contributed by atoms with Crippen molar-refractivity contribution in [2.45, 2.75) is 12.5 Å². The van der Waals surface area contributed by atoms with Gasteiger partial charge in [0.25, 0.3) is 0 Å². The van der Waals surface area contributed by atoms with Crippen molar-refractivity contribution in [3.05, 3.63) is 35.4 Å². The van der Waals surface area contributed by atoms with Crippen LogP contribution in [0, 0.1) is 11.6 Å². The van der Waals surface area contributed by atoms with Gasteiger partial charge in [-0.25, -0.2) is 8.78 Å². The van der Waals surface area contributed by atoms with Gasteiger partial charge in [-0.1, -0.05) is 6.07 Å². The maximum absolute atomic E-state index is 12.7. The Labute approximate surface area is 81.4 Å². The minimum atomic E-state index is -0.855. The molecule has 4 heteroatoms. The third-order valence-electron chi connectivity index (χ3n) is 1.81. The third kappa shape index (κ3) is 2.67. The average molecular weight is 203 g/mol. The molecule has 13 heavy (non-hydrogen) atoms. The molecular weight excluding hydrogens is 192 g/mol. The summed E-state index contributed by atoms with van der Waals surface area (Å²) in [5, 5.41) is 0. The molecule has 1 atom stereocenters. The summed E-state index contributed by atoms with van der Waals surface area (Å²) >= 11 is 4.01. The molecule has 0 aliphatic heterocycles. The highest BCUT2D eigenvalue weighted by Gasteiger charge is 2.08. The Morgan fingerprint density at radius 1 is 1.31 bits per heavy atom. The largest absolute Gasteiger partial charge is 0.324 e. The molecular formula is C9H11F2NS. The van der Waals surface area contributed by atoms with Crippen LogP contribution in [0.15, 0.2) is 18.2 Å². The predicted molar refractivity (Wildman–Crippen MR) is 51.8 cm³/mol. The Balaban J connectivity index is 2.84. The molecule has 1 aromatic carbocycles. The van der Waals surface area contributed by atoms with E-state index < -0.39 is 11.6 Å². The first-order valence-electron chi connectivity index (χ1n) is 3.96. The van der Waals surface area contributed by atoms with Crippen molar-refractivity contribution in [2.75, 3.05) is 5.75 Å². The molecule has 0 saturated carbocycles. The predicted octanol–water partition coefficient (Wildman–Crippen LogP) is 2.28. The molecule has 1 aromatic rings. The summed E-state index contributed by atoms with van der Waals surface area (Å²) in [7, 11) is 0. The average Bonchev–Trinajstić information content (AvgIpc) is 2.10. The molecule has 0 aliphatic rings. The van der Waals surface area contributed by atoms with Crippen LogP contribution in [-0.2, 0) is 0 Å². The van der Waals surface area contributed by atoms with E-state index in [4.69, 9.17) is 5.73 Å². The Kier molecular flexibility index (Phi) is 3.69. The lowest BCUT2D eigenvalue weighted by Gasteiger charge is -2.10. The van der Waals surface area contributed by atoms with Gasteiger partial charge in [0.2, 0.25) is 0 Å². The molecule has 0 bridgehead atoms. The molecule has 0 fully saturated rings. The van der Waals surface area contributed by atoms with Crippen molar-refractivity contribution in [3.63, 3.8) is 0 Å². The number of rotatable bonds is 3. The van der Waals surface area contributed by atoms with E-state index in [9.17, 15) is 8.78 Å². The van der Waals surface area contributed by atoms with Gasteiger partial charge in [0.05, 0.1) is 0 Å². The molecule has 1 rings (SSSR count). The molecule has 0 heterocycles. The molecule has 0 radical (unpaired) electrons. The van der Waals surface area contributed by atoms with E-state index in [0.29, 0.717) is 17.7 Å². The minimum Gasteiger partial charge on any atom is -0.324 e. The summed E-state index contributed by atoms with van der Waals surface area (Å²) in [6.07, 6.45) is 0.647. The van der Waals surface area contributed by atoms with Crippen LogP contribution >= 0.6 is 12.6 Å². The minimum absolute atomic E-state index is 0.271. The van der Waals surface area contributed by atoms with Crippen molar-refractivity contribution in [3.8, 4) is 0 Å². The van der Waals surface area contributed by atoms with Crippen molar-refractivity contribution in [1.29, 1.82) is 0 Å². The van der Waals surface area contributed by atoms with Gasteiger partial charge >= 0.3 is 0 Å². The van der Waals surface area contributed by atoms with Crippen molar-refractivity contribution >= 4 is 12.6 Å². The molecule has 0 saturated heterocycles. The number of hydrogen-bond donors (Lipinski definition) is 2. The van der Waals surface area contributed by atoms with Gasteiger partial charge in [0.1, 0.15) is 0 Å². The molecule has 0 aromatic heterocycles. The van der Waals surface area contributed by atoms with Crippen LogP contribution < -0.4 is 5.73 Å². The van der Waals surface area contributed by atoms with Gasteiger partial charge in [-0.2, -0.15) is 12.6 Å². The second-order valence-corrected chi connectivity index (χ2v) is 3.24. The van der Waals surface area contributed by atoms with Crippen LogP contribution in [0.5, 0.6) is 0 Å². The zero-order valence-electron chi connectivity index (χ0n) is 7.00. The van der Waals surface area contributed by atoms with Crippen LogP contribution in [0.3, 0.4) is 0 Å². The SMILES string of the molecule is NC(CCS)c1ccc(F)c(F)c1. The Bertz CT molecular complexity index is 291. The lowest BCUT2D eigenvalue weighted by molar-refractivity contribution is 0.505. The lowest BCUT2D eigenvalue weighted by atomic mass is 10.1. The van der Waals surface area contributed by atoms with Gasteiger partial charge in [-0.15, -0.1) is 0 Å². The van der Waals surface area contributed by atoms with Gasteiger partial charge in [0, 0.05) is 6.04 Å². The van der Waals surface area contributed by atoms with E-state index in [1.807, 2.05) is 0 Å². The fourth-order valence-corrected chi connectivity index (χ4v) is 1.33. The first-order valence-corrected chi connectivity index (χ1v) is 4.59. The van der Waals surface area contributed by atoms with Crippen LogP contribution in [0.1, 0.15) is 18.0 Å². The van der Waals surface area contributed by atoms with Gasteiger partial charge in [0.15, 0.2) is 11.6 Å². The van der Waals surface area contributed by atoms with E-state index in [1.165, 1.54) is 6.07 Å². The highest BCUT2D eigenvalue weighted by molar-refractivity contribution is 7.80. The summed E-state index contributed by atoms with van der Waals surface area (Å²) in [4.78, 5) is 0. The van der Waals surface area contributed by atoms with E-state index in [0.717, 1.165) is 12.1 Å². The topological polar surface area (TPSA) is 26.0 Å². The molecule has 72 valence electrons. The molecule has 2 N–H and O–H groups in total. The molecule has 1 unspecified atom stereocenters. The monoisotopic (exact) mass is 203 g/mol. The zero-order chi connectivity index (χ0) is 9.84. The number of nitrogens with two attached hydrogens (primary N) is 1. The number of benzene rings is 1. The Hall–Kier alpha value is -0.610. The lowest BCUT2D eigenvalue weighted by Crippen LogP contribution is -2.11. The maximum Gasteiger partial charge on any atom is 0.159 e. The summed E-state index contributed by atoms with van der Waals surface area (Å²) in [6, 6.07) is 3.44. The van der Waals surface area contributed by atoms with Crippen molar-refractivity contribution in [1.82, 2.24) is 0 Å².